The number of rotatable bonds is 20. The van der Waals surface area contributed by atoms with Crippen molar-refractivity contribution in [1.29, 1.82) is 0 Å². The average Bonchev–Trinajstić information content (AvgIpc) is 4.12. The molecule has 0 saturated carbocycles. The summed E-state index contributed by atoms with van der Waals surface area (Å²) in [4.78, 5) is 65.2. The van der Waals surface area contributed by atoms with E-state index < -0.39 is 90.6 Å². The van der Waals surface area contributed by atoms with Crippen LogP contribution in [0.5, 0.6) is 0 Å². The molecule has 76 heavy (non-hydrogen) atoms. The summed E-state index contributed by atoms with van der Waals surface area (Å²) < 4.78 is 52.0. The van der Waals surface area contributed by atoms with Crippen molar-refractivity contribution in [3.8, 4) is 0 Å². The van der Waals surface area contributed by atoms with Crippen LogP contribution in [0.2, 0.25) is 0 Å². The highest BCUT2D eigenvalue weighted by Gasteiger charge is 2.56. The number of nitrogens with one attached hydrogen (secondary N) is 2. The van der Waals surface area contributed by atoms with Crippen LogP contribution in [0, 0.1) is 11.8 Å². The van der Waals surface area contributed by atoms with E-state index in [1.165, 1.54) is 0 Å². The molecule has 0 radical (unpaired) electrons. The molecule has 4 fully saturated rings. The lowest BCUT2D eigenvalue weighted by molar-refractivity contribution is -0.214. The number of amides is 2. The van der Waals surface area contributed by atoms with Crippen LogP contribution in [0.4, 0.5) is 9.59 Å². The molecule has 9 rings (SSSR count). The normalized spacial score (nSPS) is 24.3. The summed E-state index contributed by atoms with van der Waals surface area (Å²) in [6.45, 7) is 6.96. The molecule has 4 saturated heterocycles. The number of hydrogen-bond acceptors (Lipinski definition) is 15. The molecular formula is C59H66N2O15. The molecule has 4 aliphatic rings. The molecule has 3 N–H and O–H groups in total. The number of Topliss-reactive ketones (excluding diaryl/α,β-unsaturated/α-hetero) is 2. The van der Waals surface area contributed by atoms with Crippen molar-refractivity contribution >= 4 is 29.7 Å². The van der Waals surface area contributed by atoms with Crippen molar-refractivity contribution in [3.05, 3.63) is 179 Å². The molecular weight excluding hydrogens is 977 g/mol. The maximum atomic E-state index is 13.8. The van der Waals surface area contributed by atoms with E-state index in [1.807, 2.05) is 127 Å². The van der Waals surface area contributed by atoms with Gasteiger partial charge in [-0.2, -0.15) is 0 Å². The molecule has 5 aromatic carbocycles. The van der Waals surface area contributed by atoms with Gasteiger partial charge in [-0.3, -0.25) is 9.59 Å². The average molecular weight is 1040 g/mol. The summed E-state index contributed by atoms with van der Waals surface area (Å²) in [6, 6.07) is 44.5. The largest absolute Gasteiger partial charge is 0.459 e. The molecule has 2 unspecified atom stereocenters. The Hall–Kier alpha value is -6.83. The lowest BCUT2D eigenvalue weighted by Gasteiger charge is -2.26. The second kappa shape index (κ2) is 25.8. The topological polar surface area (TPSA) is 213 Å². The molecule has 10 atom stereocenters. The van der Waals surface area contributed by atoms with E-state index in [4.69, 9.17) is 42.6 Å². The summed E-state index contributed by atoms with van der Waals surface area (Å²) in [5.74, 6) is -3.52. The summed E-state index contributed by atoms with van der Waals surface area (Å²) in [5, 5.41) is 15.3. The molecule has 17 heteroatoms. The van der Waals surface area contributed by atoms with Crippen molar-refractivity contribution in [2.45, 2.75) is 127 Å². The number of carbonyl (C=O) groups is 5. The van der Waals surface area contributed by atoms with Gasteiger partial charge in [0.05, 0.1) is 30.4 Å². The smallest absolute Gasteiger partial charge is 0.408 e. The number of alkyl carbamates (subject to hydrolysis) is 2. The van der Waals surface area contributed by atoms with Crippen LogP contribution in [0.1, 0.15) is 73.1 Å². The molecule has 402 valence electrons. The molecule has 5 aromatic rings. The van der Waals surface area contributed by atoms with E-state index in [1.54, 1.807) is 52.0 Å². The number of carbonyl (C=O) groups excluding carboxylic acids is 5. The SMILES string of the molecule is CC1(C)OC2[C@H](O[C@H](CO)[C@@H]2CC(=O)[C@H](Cc2ccccc2)NC(=O)OCc2ccccc2)O1.CC1(C)OC2[C@H](O[C@H](COC(=O)c3ccccc3)[C@@H]2CC(=O)[C@H](Cc2ccccc2)NC(=O)OCc2ccccc2)O1. The number of aliphatic hydroxyl groups excluding tert-OH is 1. The first kappa shape index (κ1) is 55.4. The van der Waals surface area contributed by atoms with E-state index in [0.717, 1.165) is 22.3 Å². The molecule has 4 aliphatic heterocycles. The Kier molecular flexibility index (Phi) is 18.8. The fraction of sp³-hybridized carbons (Fsp3) is 0.407. The molecule has 17 nitrogen and oxygen atoms in total. The Morgan fingerprint density at radius 2 is 0.868 bits per heavy atom. The Labute approximate surface area is 442 Å². The third-order valence-corrected chi connectivity index (χ3v) is 13.4. The van der Waals surface area contributed by atoms with E-state index in [-0.39, 0.29) is 57.3 Å². The van der Waals surface area contributed by atoms with E-state index in [9.17, 15) is 29.1 Å². The minimum atomic E-state index is -0.898. The highest BCUT2D eigenvalue weighted by Crippen LogP contribution is 2.44. The second-order valence-corrected chi connectivity index (χ2v) is 20.0. The first-order valence-electron chi connectivity index (χ1n) is 25.5. The number of esters is 1. The Morgan fingerprint density at radius 1 is 0.500 bits per heavy atom. The van der Waals surface area contributed by atoms with Crippen molar-refractivity contribution in [2.24, 2.45) is 11.8 Å². The van der Waals surface area contributed by atoms with Crippen molar-refractivity contribution in [1.82, 2.24) is 10.6 Å². The molecule has 0 spiro atoms. The summed E-state index contributed by atoms with van der Waals surface area (Å²) >= 11 is 0. The van der Waals surface area contributed by atoms with Gasteiger partial charge in [-0.25, -0.2) is 14.4 Å². The third-order valence-electron chi connectivity index (χ3n) is 13.4. The predicted octanol–water partition coefficient (Wildman–Crippen LogP) is 7.80. The fourth-order valence-electron chi connectivity index (χ4n) is 9.68. The van der Waals surface area contributed by atoms with E-state index in [2.05, 4.69) is 10.6 Å². The van der Waals surface area contributed by atoms with Crippen molar-refractivity contribution < 1.29 is 71.7 Å². The van der Waals surface area contributed by atoms with Crippen molar-refractivity contribution in [2.75, 3.05) is 13.2 Å². The van der Waals surface area contributed by atoms with Crippen LogP contribution in [0.15, 0.2) is 152 Å². The van der Waals surface area contributed by atoms with Gasteiger partial charge in [0.1, 0.15) is 38.1 Å². The highest BCUT2D eigenvalue weighted by molar-refractivity contribution is 5.90. The van der Waals surface area contributed by atoms with E-state index >= 15 is 0 Å². The first-order valence-corrected chi connectivity index (χ1v) is 25.5. The van der Waals surface area contributed by atoms with Crippen LogP contribution in [0.3, 0.4) is 0 Å². The van der Waals surface area contributed by atoms with Crippen molar-refractivity contribution in [3.63, 3.8) is 0 Å². The van der Waals surface area contributed by atoms with Gasteiger partial charge < -0.3 is 58.4 Å². The Bertz CT molecular complexity index is 2680. The zero-order valence-electron chi connectivity index (χ0n) is 43.0. The van der Waals surface area contributed by atoms with Crippen LogP contribution in [-0.2, 0) is 78.3 Å². The van der Waals surface area contributed by atoms with Gasteiger partial charge in [-0.1, -0.05) is 140 Å². The number of aliphatic hydroxyl groups is 1. The zero-order valence-corrected chi connectivity index (χ0v) is 43.0. The summed E-state index contributed by atoms with van der Waals surface area (Å²) in [5.41, 5.74) is 3.89. The minimum absolute atomic E-state index is 0.00459. The lowest BCUT2D eigenvalue weighted by atomic mass is 9.89. The minimum Gasteiger partial charge on any atom is -0.459 e. The van der Waals surface area contributed by atoms with Gasteiger partial charge in [-0.05, 0) is 74.9 Å². The number of ether oxygens (including phenoxy) is 9. The predicted molar refractivity (Wildman–Crippen MR) is 275 cm³/mol. The molecule has 4 heterocycles. The number of fused-ring (bicyclic) bond motifs is 2. The molecule has 0 aliphatic carbocycles. The Balaban J connectivity index is 0.000000206. The van der Waals surface area contributed by atoms with Gasteiger partial charge >= 0.3 is 18.2 Å². The van der Waals surface area contributed by atoms with Gasteiger partial charge in [0, 0.05) is 24.7 Å². The summed E-state index contributed by atoms with van der Waals surface area (Å²) in [7, 11) is 0. The number of ketones is 2. The molecule has 0 bridgehead atoms. The van der Waals surface area contributed by atoms with E-state index in [0.29, 0.717) is 12.0 Å². The number of benzene rings is 5. The monoisotopic (exact) mass is 1040 g/mol. The van der Waals surface area contributed by atoms with Gasteiger partial charge in [0.25, 0.3) is 0 Å². The third kappa shape index (κ3) is 15.4. The second-order valence-electron chi connectivity index (χ2n) is 20.0. The van der Waals surface area contributed by atoms with Crippen LogP contribution < -0.4 is 10.6 Å². The van der Waals surface area contributed by atoms with Gasteiger partial charge in [0.2, 0.25) is 0 Å². The van der Waals surface area contributed by atoms with Crippen LogP contribution in [0.25, 0.3) is 0 Å². The van der Waals surface area contributed by atoms with Gasteiger partial charge in [0.15, 0.2) is 35.7 Å². The molecule has 0 aromatic heterocycles. The quantitative estimate of drug-likeness (QED) is 0.0501. The fourth-order valence-corrected chi connectivity index (χ4v) is 9.68. The first-order chi connectivity index (χ1) is 36.6. The zero-order chi connectivity index (χ0) is 53.7. The maximum absolute atomic E-state index is 13.8. The maximum Gasteiger partial charge on any atom is 0.408 e. The van der Waals surface area contributed by atoms with Crippen LogP contribution >= 0.6 is 0 Å². The van der Waals surface area contributed by atoms with Gasteiger partial charge in [-0.15, -0.1) is 0 Å². The highest BCUT2D eigenvalue weighted by atomic mass is 16.8. The standard InChI is InChI=1S/C33H35NO8.C26H31NO7/c1-33(2)41-29-25(28(40-31(29)42-33)21-38-30(36)24-16-10-5-11-17-24)19-27(35)26(18-22-12-6-3-7-13-22)34-32(37)39-20-23-14-8-4-9-15-23;1-26(2)33-23-19(22(15-28)32-24(23)34-26)14-21(29)20(13-17-9-5-3-6-10-17)27-25(30)31-16-18-11-7-4-8-12-18/h3-17,25-26,28-29,31H,18-21H2,1-2H3,(H,34,37);3-12,19-20,22-24,28H,13-16H2,1-2H3,(H,27,30)/t25-,26-,28+,29?,31+;19-,20-,22+,23?,24+/m00/s1. The molecule has 2 amide bonds. The van der Waals surface area contributed by atoms with Crippen LogP contribution in [-0.4, -0.2) is 109 Å². The Morgan fingerprint density at radius 3 is 1.28 bits per heavy atom. The summed E-state index contributed by atoms with van der Waals surface area (Å²) in [6.07, 6.45) is -4.31. The lowest BCUT2D eigenvalue weighted by Crippen LogP contribution is -2.45. The number of hydrogen-bond donors (Lipinski definition) is 3.